The average molecular weight is 376 g/mol. The van der Waals surface area contributed by atoms with E-state index >= 15 is 4.39 Å². The first-order valence-corrected chi connectivity index (χ1v) is 8.44. The molecule has 1 aliphatic heterocycles. The van der Waals surface area contributed by atoms with Gasteiger partial charge in [0.25, 0.3) is 0 Å². The van der Waals surface area contributed by atoms with E-state index < -0.39 is 23.1 Å². The van der Waals surface area contributed by atoms with Crippen molar-refractivity contribution in [1.82, 2.24) is 4.90 Å². The number of likely N-dealkylation sites (tertiary alicyclic amines) is 1. The Labute approximate surface area is 150 Å². The van der Waals surface area contributed by atoms with E-state index in [2.05, 4.69) is 0 Å². The van der Waals surface area contributed by atoms with Crippen LogP contribution in [0, 0.1) is 0 Å². The molecular weight excluding hydrogens is 356 g/mol. The number of alkyl halides is 1. The maximum Gasteiger partial charge on any atom is 0.410 e. The second-order valence-corrected chi connectivity index (χ2v) is 7.71. The van der Waals surface area contributed by atoms with Gasteiger partial charge < -0.3 is 9.64 Å². The molecule has 2 rings (SSSR count). The molecule has 1 aliphatic rings. The average Bonchev–Trinajstić information content (AvgIpc) is 2.48. The van der Waals surface area contributed by atoms with Crippen LogP contribution in [0.1, 0.15) is 44.0 Å². The van der Waals surface area contributed by atoms with Crippen LogP contribution in [0.25, 0.3) is 0 Å². The Balaban J connectivity index is 2.04. The van der Waals surface area contributed by atoms with Crippen LogP contribution < -0.4 is 0 Å². The number of nitrogens with zero attached hydrogens (tertiary/aromatic N) is 1. The number of amides is 1. The standard InChI is InChI=1S/C17H20Cl2FNO3/c1-16(2,3)24-15(23)21-8-6-17(20,7-9-21)14(22)11-4-5-12(18)13(19)10-11/h4-5,10H,6-9H2,1-3H3. The number of halogens is 3. The molecule has 0 bridgehead atoms. The Hall–Kier alpha value is -1.33. The maximum absolute atomic E-state index is 15.1. The minimum absolute atomic E-state index is 0.0781. The van der Waals surface area contributed by atoms with Gasteiger partial charge in [-0.3, -0.25) is 4.79 Å². The van der Waals surface area contributed by atoms with Gasteiger partial charge in [-0.05, 0) is 39.0 Å². The second-order valence-electron chi connectivity index (χ2n) is 6.89. The second kappa shape index (κ2) is 6.89. The number of piperidine rings is 1. The first-order valence-electron chi connectivity index (χ1n) is 7.68. The normalized spacial score (nSPS) is 17.5. The Morgan fingerprint density at radius 1 is 1.17 bits per heavy atom. The van der Waals surface area contributed by atoms with Gasteiger partial charge in [-0.1, -0.05) is 23.2 Å². The summed E-state index contributed by atoms with van der Waals surface area (Å²) in [5, 5.41) is 0.512. The third-order valence-corrected chi connectivity index (χ3v) is 4.54. The van der Waals surface area contributed by atoms with E-state index in [0.717, 1.165) is 0 Å². The highest BCUT2D eigenvalue weighted by molar-refractivity contribution is 6.42. The van der Waals surface area contributed by atoms with Crippen molar-refractivity contribution in [3.05, 3.63) is 33.8 Å². The van der Waals surface area contributed by atoms with Gasteiger partial charge in [0.05, 0.1) is 10.0 Å². The molecule has 0 radical (unpaired) electrons. The van der Waals surface area contributed by atoms with Crippen molar-refractivity contribution in [3.63, 3.8) is 0 Å². The summed E-state index contributed by atoms with van der Waals surface area (Å²) in [7, 11) is 0. The van der Waals surface area contributed by atoms with Crippen molar-refractivity contribution in [1.29, 1.82) is 0 Å². The minimum atomic E-state index is -2.02. The largest absolute Gasteiger partial charge is 0.444 e. The molecule has 1 amide bonds. The number of carbonyl (C=O) groups excluding carboxylic acids is 2. The van der Waals surface area contributed by atoms with Crippen molar-refractivity contribution in [3.8, 4) is 0 Å². The number of ether oxygens (including phenoxy) is 1. The first-order chi connectivity index (χ1) is 11.0. The molecular formula is C17H20Cl2FNO3. The summed E-state index contributed by atoms with van der Waals surface area (Å²) in [4.78, 5) is 25.9. The predicted molar refractivity (Wildman–Crippen MR) is 91.7 cm³/mol. The number of Topliss-reactive ketones (excluding diaryl/α,β-unsaturated/α-hetero) is 1. The highest BCUT2D eigenvalue weighted by Crippen LogP contribution is 2.33. The molecule has 7 heteroatoms. The number of hydrogen-bond acceptors (Lipinski definition) is 3. The van der Waals surface area contributed by atoms with Gasteiger partial charge >= 0.3 is 6.09 Å². The molecule has 24 heavy (non-hydrogen) atoms. The molecule has 0 N–H and O–H groups in total. The molecule has 1 aromatic rings. The zero-order valence-corrected chi connectivity index (χ0v) is 15.4. The molecule has 0 unspecified atom stereocenters. The van der Waals surface area contributed by atoms with E-state index in [4.69, 9.17) is 27.9 Å². The summed E-state index contributed by atoms with van der Waals surface area (Å²) >= 11 is 11.7. The molecule has 1 fully saturated rings. The molecule has 0 atom stereocenters. The zero-order chi connectivity index (χ0) is 18.1. The molecule has 0 aliphatic carbocycles. The van der Waals surface area contributed by atoms with Crippen LogP contribution >= 0.6 is 23.2 Å². The van der Waals surface area contributed by atoms with Gasteiger partial charge in [-0.25, -0.2) is 9.18 Å². The third-order valence-electron chi connectivity index (χ3n) is 3.80. The lowest BCUT2D eigenvalue weighted by Gasteiger charge is -2.36. The van der Waals surface area contributed by atoms with Crippen LogP contribution in [0.4, 0.5) is 9.18 Å². The summed E-state index contributed by atoms with van der Waals surface area (Å²) < 4.78 is 20.3. The Morgan fingerprint density at radius 3 is 2.25 bits per heavy atom. The lowest BCUT2D eigenvalue weighted by atomic mass is 9.86. The molecule has 132 valence electrons. The number of benzene rings is 1. The van der Waals surface area contributed by atoms with Crippen LogP contribution in [0.15, 0.2) is 18.2 Å². The fourth-order valence-electron chi connectivity index (χ4n) is 2.49. The summed E-state index contributed by atoms with van der Waals surface area (Å²) in [6.45, 7) is 5.54. The van der Waals surface area contributed by atoms with Crippen LogP contribution in [0.3, 0.4) is 0 Å². The van der Waals surface area contributed by atoms with Gasteiger partial charge in [0.1, 0.15) is 5.60 Å². The van der Waals surface area contributed by atoms with E-state index in [1.807, 2.05) is 0 Å². The highest BCUT2D eigenvalue weighted by atomic mass is 35.5. The van der Waals surface area contributed by atoms with E-state index in [1.54, 1.807) is 20.8 Å². The van der Waals surface area contributed by atoms with Crippen molar-refractivity contribution in [2.75, 3.05) is 13.1 Å². The molecule has 1 saturated heterocycles. The quantitative estimate of drug-likeness (QED) is 0.689. The smallest absolute Gasteiger partial charge is 0.410 e. The molecule has 1 heterocycles. The summed E-state index contributed by atoms with van der Waals surface area (Å²) in [5.74, 6) is -0.634. The lowest BCUT2D eigenvalue weighted by molar-refractivity contribution is 0.00501. The van der Waals surface area contributed by atoms with Crippen LogP contribution in [0.2, 0.25) is 10.0 Å². The van der Waals surface area contributed by atoms with Gasteiger partial charge in [-0.2, -0.15) is 0 Å². The molecule has 0 spiro atoms. The molecule has 0 saturated carbocycles. The Kier molecular flexibility index (Phi) is 5.45. The topological polar surface area (TPSA) is 46.6 Å². The van der Waals surface area contributed by atoms with Crippen molar-refractivity contribution < 1.29 is 18.7 Å². The fraction of sp³-hybridized carbons (Fsp3) is 0.529. The Morgan fingerprint density at radius 2 is 1.75 bits per heavy atom. The van der Waals surface area contributed by atoms with Crippen molar-refractivity contribution in [2.45, 2.75) is 44.9 Å². The van der Waals surface area contributed by atoms with Gasteiger partial charge in [0, 0.05) is 31.5 Å². The third kappa shape index (κ3) is 4.39. The lowest BCUT2D eigenvalue weighted by Crippen LogP contribution is -2.49. The fourth-order valence-corrected chi connectivity index (χ4v) is 2.79. The predicted octanol–water partition coefficient (Wildman–Crippen LogP) is 4.92. The summed E-state index contributed by atoms with van der Waals surface area (Å²) in [6, 6.07) is 4.29. The van der Waals surface area contributed by atoms with Crippen LogP contribution in [0.5, 0.6) is 0 Å². The Bertz CT molecular complexity index is 650. The molecule has 4 nitrogen and oxygen atoms in total. The number of rotatable bonds is 2. The van der Waals surface area contributed by atoms with Crippen molar-refractivity contribution >= 4 is 35.1 Å². The first kappa shape index (κ1) is 19.0. The minimum Gasteiger partial charge on any atom is -0.444 e. The van der Waals surface area contributed by atoms with Gasteiger partial charge in [-0.15, -0.1) is 0 Å². The van der Waals surface area contributed by atoms with Crippen molar-refractivity contribution in [2.24, 2.45) is 0 Å². The van der Waals surface area contributed by atoms with Crippen LogP contribution in [-0.2, 0) is 4.74 Å². The van der Waals surface area contributed by atoms with Gasteiger partial charge in [0.2, 0.25) is 0 Å². The number of carbonyl (C=O) groups is 2. The number of ketones is 1. The number of hydrogen-bond donors (Lipinski definition) is 0. The zero-order valence-electron chi connectivity index (χ0n) is 13.9. The van der Waals surface area contributed by atoms with Crippen LogP contribution in [-0.4, -0.2) is 41.1 Å². The van der Waals surface area contributed by atoms with E-state index in [1.165, 1.54) is 23.1 Å². The molecule has 1 aromatic carbocycles. The summed E-state index contributed by atoms with van der Waals surface area (Å²) in [6.07, 6.45) is -0.650. The van der Waals surface area contributed by atoms with E-state index in [-0.39, 0.29) is 36.5 Å². The van der Waals surface area contributed by atoms with E-state index in [0.29, 0.717) is 5.02 Å². The van der Waals surface area contributed by atoms with E-state index in [9.17, 15) is 9.59 Å². The highest BCUT2D eigenvalue weighted by Gasteiger charge is 2.43. The maximum atomic E-state index is 15.1. The monoisotopic (exact) mass is 375 g/mol. The summed E-state index contributed by atoms with van der Waals surface area (Å²) in [5.41, 5.74) is -2.45. The van der Waals surface area contributed by atoms with Gasteiger partial charge in [0.15, 0.2) is 11.5 Å². The molecule has 0 aromatic heterocycles. The SMILES string of the molecule is CC(C)(C)OC(=O)N1CCC(F)(C(=O)c2ccc(Cl)c(Cl)c2)CC1.